The van der Waals surface area contributed by atoms with Crippen LogP contribution in [0.5, 0.6) is 0 Å². The van der Waals surface area contributed by atoms with Crippen LogP contribution in [-0.2, 0) is 14.9 Å². The lowest BCUT2D eigenvalue weighted by Crippen LogP contribution is -2.43. The van der Waals surface area contributed by atoms with Crippen LogP contribution in [0.1, 0.15) is 5.56 Å². The smallest absolute Gasteiger partial charge is 0.301 e. The molecule has 1 fully saturated rings. The first-order valence-corrected chi connectivity index (χ1v) is 6.91. The molecular weight excluding hydrogens is 254 g/mol. The van der Waals surface area contributed by atoms with Crippen LogP contribution in [0.2, 0.25) is 0 Å². The standard InChI is InChI=1S/C11H13N3O3S/c12-9-10-2-1-3-11(8-10)13-18(15,16)14-4-6-17-7-5-14/h1-3,8,13H,4-7H2. The summed E-state index contributed by atoms with van der Waals surface area (Å²) < 4.78 is 32.9. The first kappa shape index (κ1) is 12.8. The number of morpholine rings is 1. The van der Waals surface area contributed by atoms with Crippen molar-refractivity contribution in [1.29, 1.82) is 5.26 Å². The lowest BCUT2D eigenvalue weighted by molar-refractivity contribution is 0.0733. The molecule has 1 aromatic carbocycles. The third-order valence-corrected chi connectivity index (χ3v) is 4.09. The van der Waals surface area contributed by atoms with Crippen LogP contribution in [0.15, 0.2) is 24.3 Å². The van der Waals surface area contributed by atoms with Crippen molar-refractivity contribution in [2.75, 3.05) is 31.0 Å². The number of benzene rings is 1. The fourth-order valence-corrected chi connectivity index (χ4v) is 2.84. The molecule has 0 saturated carbocycles. The lowest BCUT2D eigenvalue weighted by atomic mass is 10.2. The Hall–Kier alpha value is -1.62. The number of hydrogen-bond donors (Lipinski definition) is 1. The Morgan fingerprint density at radius 2 is 2.06 bits per heavy atom. The van der Waals surface area contributed by atoms with Gasteiger partial charge in [-0.15, -0.1) is 0 Å². The molecule has 0 aliphatic carbocycles. The van der Waals surface area contributed by atoms with Crippen molar-refractivity contribution in [2.45, 2.75) is 0 Å². The van der Waals surface area contributed by atoms with Gasteiger partial charge in [0.05, 0.1) is 30.5 Å². The van der Waals surface area contributed by atoms with Crippen molar-refractivity contribution in [2.24, 2.45) is 0 Å². The number of ether oxygens (including phenoxy) is 1. The van der Waals surface area contributed by atoms with Crippen LogP contribution in [-0.4, -0.2) is 39.0 Å². The molecule has 6 nitrogen and oxygen atoms in total. The van der Waals surface area contributed by atoms with Crippen molar-refractivity contribution in [3.05, 3.63) is 29.8 Å². The van der Waals surface area contributed by atoms with Gasteiger partial charge in [-0.25, -0.2) is 0 Å². The second kappa shape index (κ2) is 5.35. The SMILES string of the molecule is N#Cc1cccc(NS(=O)(=O)N2CCOCC2)c1. The monoisotopic (exact) mass is 267 g/mol. The molecule has 1 heterocycles. The van der Waals surface area contributed by atoms with Gasteiger partial charge in [0.15, 0.2) is 0 Å². The van der Waals surface area contributed by atoms with Crippen LogP contribution in [0.4, 0.5) is 5.69 Å². The summed E-state index contributed by atoms with van der Waals surface area (Å²) in [6.07, 6.45) is 0. The highest BCUT2D eigenvalue weighted by atomic mass is 32.2. The van der Waals surface area contributed by atoms with Crippen molar-refractivity contribution in [3.8, 4) is 6.07 Å². The third kappa shape index (κ3) is 2.98. The van der Waals surface area contributed by atoms with Crippen LogP contribution >= 0.6 is 0 Å². The minimum absolute atomic E-state index is 0.341. The molecule has 0 atom stereocenters. The van der Waals surface area contributed by atoms with Gasteiger partial charge in [0.25, 0.3) is 0 Å². The Balaban J connectivity index is 2.14. The number of nitrogens with one attached hydrogen (secondary N) is 1. The summed E-state index contributed by atoms with van der Waals surface area (Å²) in [5.41, 5.74) is 0.803. The van der Waals surface area contributed by atoms with Gasteiger partial charge >= 0.3 is 10.2 Å². The summed E-state index contributed by atoms with van der Waals surface area (Å²) in [4.78, 5) is 0. The average Bonchev–Trinajstić information content (AvgIpc) is 2.39. The van der Waals surface area contributed by atoms with Crippen LogP contribution in [0.3, 0.4) is 0 Å². The first-order valence-electron chi connectivity index (χ1n) is 5.47. The maximum atomic E-state index is 12.0. The van der Waals surface area contributed by atoms with Gasteiger partial charge in [0, 0.05) is 13.1 Å². The second-order valence-electron chi connectivity index (χ2n) is 3.81. The molecule has 0 spiro atoms. The first-order chi connectivity index (χ1) is 8.62. The number of nitriles is 1. The zero-order chi connectivity index (χ0) is 13.0. The zero-order valence-corrected chi connectivity index (χ0v) is 10.5. The van der Waals surface area contributed by atoms with Crippen LogP contribution < -0.4 is 4.72 Å². The van der Waals surface area contributed by atoms with E-state index >= 15 is 0 Å². The molecule has 1 N–H and O–H groups in total. The van der Waals surface area contributed by atoms with Crippen LogP contribution in [0, 0.1) is 11.3 Å². The Bertz CT molecular complexity index is 559. The molecule has 2 rings (SSSR count). The molecule has 18 heavy (non-hydrogen) atoms. The van der Waals surface area contributed by atoms with Crippen molar-refractivity contribution < 1.29 is 13.2 Å². The number of nitrogens with zero attached hydrogens (tertiary/aromatic N) is 2. The molecule has 1 aliphatic rings. The summed E-state index contributed by atoms with van der Waals surface area (Å²) >= 11 is 0. The zero-order valence-electron chi connectivity index (χ0n) is 9.67. The fourth-order valence-electron chi connectivity index (χ4n) is 1.65. The predicted molar refractivity (Wildman–Crippen MR) is 66.1 cm³/mol. The molecule has 7 heteroatoms. The average molecular weight is 267 g/mol. The van der Waals surface area contributed by atoms with Crippen molar-refractivity contribution >= 4 is 15.9 Å². The van der Waals surface area contributed by atoms with E-state index in [4.69, 9.17) is 10.00 Å². The summed E-state index contributed by atoms with van der Waals surface area (Å²) in [5, 5.41) is 8.75. The second-order valence-corrected chi connectivity index (χ2v) is 5.48. The molecule has 96 valence electrons. The van der Waals surface area contributed by atoms with E-state index in [1.54, 1.807) is 18.2 Å². The Morgan fingerprint density at radius 1 is 1.33 bits per heavy atom. The van der Waals surface area contributed by atoms with Crippen molar-refractivity contribution in [1.82, 2.24) is 4.31 Å². The Labute approximate surface area is 106 Å². The third-order valence-electron chi connectivity index (χ3n) is 2.55. The van der Waals surface area contributed by atoms with E-state index < -0.39 is 10.2 Å². The molecule has 1 aromatic rings. The maximum absolute atomic E-state index is 12.0. The van der Waals surface area contributed by atoms with E-state index in [2.05, 4.69) is 4.72 Å². The van der Waals surface area contributed by atoms with Gasteiger partial charge in [0.2, 0.25) is 0 Å². The van der Waals surface area contributed by atoms with Gasteiger partial charge in [0.1, 0.15) is 0 Å². The summed E-state index contributed by atoms with van der Waals surface area (Å²) in [6, 6.07) is 8.32. The summed E-state index contributed by atoms with van der Waals surface area (Å²) in [5.74, 6) is 0. The topological polar surface area (TPSA) is 82.4 Å². The van der Waals surface area contributed by atoms with E-state index in [9.17, 15) is 8.42 Å². The van der Waals surface area contributed by atoms with Crippen molar-refractivity contribution in [3.63, 3.8) is 0 Å². The minimum atomic E-state index is -3.57. The van der Waals surface area contributed by atoms with E-state index in [1.807, 2.05) is 6.07 Å². The van der Waals surface area contributed by atoms with Gasteiger partial charge < -0.3 is 4.74 Å². The van der Waals surface area contributed by atoms with Crippen LogP contribution in [0.25, 0.3) is 0 Å². The summed E-state index contributed by atoms with van der Waals surface area (Å²) in [7, 11) is -3.57. The van der Waals surface area contributed by atoms with Gasteiger partial charge in [-0.05, 0) is 18.2 Å². The molecule has 1 saturated heterocycles. The number of rotatable bonds is 3. The number of hydrogen-bond acceptors (Lipinski definition) is 4. The van der Waals surface area contributed by atoms with Gasteiger partial charge in [-0.2, -0.15) is 18.0 Å². The molecule has 0 amide bonds. The largest absolute Gasteiger partial charge is 0.379 e. The molecule has 1 aliphatic heterocycles. The Kier molecular flexibility index (Phi) is 3.81. The molecule has 0 unspecified atom stereocenters. The molecule has 0 aromatic heterocycles. The summed E-state index contributed by atoms with van der Waals surface area (Å²) in [6.45, 7) is 1.48. The predicted octanol–water partition coefficient (Wildman–Crippen LogP) is 0.547. The van der Waals surface area contributed by atoms with E-state index in [0.29, 0.717) is 37.6 Å². The van der Waals surface area contributed by atoms with E-state index in [0.717, 1.165) is 0 Å². The molecular formula is C11H13N3O3S. The highest BCUT2D eigenvalue weighted by Crippen LogP contribution is 2.14. The Morgan fingerprint density at radius 3 is 2.72 bits per heavy atom. The van der Waals surface area contributed by atoms with E-state index in [-0.39, 0.29) is 0 Å². The fraction of sp³-hybridized carbons (Fsp3) is 0.364. The van der Waals surface area contributed by atoms with Gasteiger partial charge in [-0.1, -0.05) is 6.07 Å². The van der Waals surface area contributed by atoms with E-state index in [1.165, 1.54) is 10.4 Å². The normalized spacial score (nSPS) is 17.1. The maximum Gasteiger partial charge on any atom is 0.301 e. The highest BCUT2D eigenvalue weighted by molar-refractivity contribution is 7.90. The quantitative estimate of drug-likeness (QED) is 0.866. The molecule has 0 radical (unpaired) electrons. The minimum Gasteiger partial charge on any atom is -0.379 e. The van der Waals surface area contributed by atoms with Gasteiger partial charge in [-0.3, -0.25) is 4.72 Å². The highest BCUT2D eigenvalue weighted by Gasteiger charge is 2.24. The number of anilines is 1. The molecule has 0 bridgehead atoms. The lowest BCUT2D eigenvalue weighted by Gasteiger charge is -2.26.